The highest BCUT2D eigenvalue weighted by molar-refractivity contribution is 9.10. The highest BCUT2D eigenvalue weighted by Gasteiger charge is 2.07. The summed E-state index contributed by atoms with van der Waals surface area (Å²) in [4.78, 5) is 13.0. The van der Waals surface area contributed by atoms with E-state index in [9.17, 15) is 0 Å². The Morgan fingerprint density at radius 1 is 1.26 bits per heavy atom. The average Bonchev–Trinajstić information content (AvgIpc) is 2.44. The van der Waals surface area contributed by atoms with Gasteiger partial charge in [0.1, 0.15) is 5.69 Å². The zero-order chi connectivity index (χ0) is 13.5. The first-order valence-corrected chi connectivity index (χ1v) is 6.73. The number of hydrogen-bond acceptors (Lipinski definition) is 5. The van der Waals surface area contributed by atoms with Crippen LogP contribution in [0.2, 0.25) is 0 Å². The van der Waals surface area contributed by atoms with Gasteiger partial charge in [-0.1, -0.05) is 0 Å². The number of methoxy groups -OCH3 is 1. The van der Waals surface area contributed by atoms with Crippen LogP contribution >= 0.6 is 15.9 Å². The van der Waals surface area contributed by atoms with Crippen molar-refractivity contribution in [1.29, 1.82) is 0 Å². The zero-order valence-corrected chi connectivity index (χ0v) is 12.2. The van der Waals surface area contributed by atoms with E-state index >= 15 is 0 Å². The number of halogens is 1. The summed E-state index contributed by atoms with van der Waals surface area (Å²) >= 11 is 3.46. The summed E-state index contributed by atoms with van der Waals surface area (Å²) in [5.74, 6) is 0.624. The van der Waals surface area contributed by atoms with Gasteiger partial charge in [0.15, 0.2) is 5.82 Å². The standard InChI is InChI=1S/C13H15BrN4O/c1-19-8-7-15-9-10-4-6-17-13(18-10)12-11(14)3-2-5-16-12/h2-6,15H,7-9H2,1H3. The molecule has 0 saturated carbocycles. The van der Waals surface area contributed by atoms with Gasteiger partial charge in [0.05, 0.1) is 12.3 Å². The van der Waals surface area contributed by atoms with Gasteiger partial charge in [-0.05, 0) is 34.1 Å². The molecule has 1 N–H and O–H groups in total. The maximum absolute atomic E-state index is 4.98. The molecule has 0 amide bonds. The van der Waals surface area contributed by atoms with E-state index in [0.717, 1.165) is 22.4 Å². The van der Waals surface area contributed by atoms with Crippen molar-refractivity contribution < 1.29 is 4.74 Å². The lowest BCUT2D eigenvalue weighted by Gasteiger charge is -2.06. The smallest absolute Gasteiger partial charge is 0.179 e. The van der Waals surface area contributed by atoms with Crippen LogP contribution in [0.3, 0.4) is 0 Å². The summed E-state index contributed by atoms with van der Waals surface area (Å²) in [5.41, 5.74) is 1.68. The van der Waals surface area contributed by atoms with Crippen LogP contribution in [0.25, 0.3) is 11.5 Å². The van der Waals surface area contributed by atoms with Crippen LogP contribution < -0.4 is 5.32 Å². The van der Waals surface area contributed by atoms with Crippen molar-refractivity contribution in [2.24, 2.45) is 0 Å². The Bertz CT molecular complexity index is 536. The number of aromatic nitrogens is 3. The van der Waals surface area contributed by atoms with E-state index in [1.165, 1.54) is 0 Å². The Morgan fingerprint density at radius 3 is 2.95 bits per heavy atom. The van der Waals surface area contributed by atoms with Crippen molar-refractivity contribution in [3.63, 3.8) is 0 Å². The molecule has 0 spiro atoms. The Morgan fingerprint density at radius 2 is 2.16 bits per heavy atom. The lowest BCUT2D eigenvalue weighted by molar-refractivity contribution is 0.199. The number of nitrogens with zero attached hydrogens (tertiary/aromatic N) is 3. The van der Waals surface area contributed by atoms with Crippen LogP contribution in [0.4, 0.5) is 0 Å². The van der Waals surface area contributed by atoms with E-state index in [2.05, 4.69) is 36.2 Å². The number of rotatable bonds is 6. The third-order valence-corrected chi connectivity index (χ3v) is 3.11. The molecular formula is C13H15BrN4O. The SMILES string of the molecule is COCCNCc1ccnc(-c2ncccc2Br)n1. The van der Waals surface area contributed by atoms with Crippen LogP contribution in [0.15, 0.2) is 35.1 Å². The molecule has 0 bridgehead atoms. The fourth-order valence-corrected chi connectivity index (χ4v) is 1.98. The van der Waals surface area contributed by atoms with Crippen molar-refractivity contribution in [2.45, 2.75) is 6.54 Å². The highest BCUT2D eigenvalue weighted by atomic mass is 79.9. The lowest BCUT2D eigenvalue weighted by atomic mass is 10.3. The summed E-state index contributed by atoms with van der Waals surface area (Å²) in [6, 6.07) is 5.68. The second-order valence-corrected chi connectivity index (χ2v) is 4.73. The van der Waals surface area contributed by atoms with Crippen LogP contribution in [-0.2, 0) is 11.3 Å². The maximum atomic E-state index is 4.98. The summed E-state index contributed by atoms with van der Waals surface area (Å²) in [6.07, 6.45) is 3.48. The molecule has 0 unspecified atom stereocenters. The predicted molar refractivity (Wildman–Crippen MR) is 76.5 cm³/mol. The minimum Gasteiger partial charge on any atom is -0.383 e. The van der Waals surface area contributed by atoms with Gasteiger partial charge in [0.2, 0.25) is 0 Å². The summed E-state index contributed by atoms with van der Waals surface area (Å²) in [6.45, 7) is 2.16. The quantitative estimate of drug-likeness (QED) is 0.825. The Kier molecular flexibility index (Phi) is 5.38. The molecule has 0 aromatic carbocycles. The monoisotopic (exact) mass is 322 g/mol. The van der Waals surface area contributed by atoms with Crippen LogP contribution in [0.1, 0.15) is 5.69 Å². The molecule has 0 aliphatic carbocycles. The second-order valence-electron chi connectivity index (χ2n) is 3.87. The number of pyridine rings is 1. The highest BCUT2D eigenvalue weighted by Crippen LogP contribution is 2.22. The molecule has 2 rings (SSSR count). The van der Waals surface area contributed by atoms with Crippen molar-refractivity contribution in [3.8, 4) is 11.5 Å². The number of nitrogens with one attached hydrogen (secondary N) is 1. The van der Waals surface area contributed by atoms with Gasteiger partial charge in [-0.15, -0.1) is 0 Å². The molecule has 0 fully saturated rings. The first-order chi connectivity index (χ1) is 9.31. The molecule has 2 aromatic rings. The third-order valence-electron chi connectivity index (χ3n) is 2.47. The lowest BCUT2D eigenvalue weighted by Crippen LogP contribution is -2.19. The van der Waals surface area contributed by atoms with Gasteiger partial charge < -0.3 is 10.1 Å². The molecule has 0 saturated heterocycles. The molecular weight excluding hydrogens is 308 g/mol. The van der Waals surface area contributed by atoms with Crippen LogP contribution in [0.5, 0.6) is 0 Å². The maximum Gasteiger partial charge on any atom is 0.179 e. The van der Waals surface area contributed by atoms with Crippen LogP contribution in [0, 0.1) is 0 Å². The summed E-state index contributed by atoms with van der Waals surface area (Å²) < 4.78 is 5.87. The van der Waals surface area contributed by atoms with E-state index in [-0.39, 0.29) is 0 Å². The molecule has 100 valence electrons. The molecule has 19 heavy (non-hydrogen) atoms. The fraction of sp³-hybridized carbons (Fsp3) is 0.308. The van der Waals surface area contributed by atoms with Gasteiger partial charge in [0, 0.05) is 37.1 Å². The molecule has 0 aliphatic heterocycles. The van der Waals surface area contributed by atoms with Gasteiger partial charge >= 0.3 is 0 Å². The minimum atomic E-state index is 0.624. The van der Waals surface area contributed by atoms with Crippen molar-refractivity contribution in [1.82, 2.24) is 20.3 Å². The van der Waals surface area contributed by atoms with Gasteiger partial charge in [-0.25, -0.2) is 9.97 Å². The largest absolute Gasteiger partial charge is 0.383 e. The summed E-state index contributed by atoms with van der Waals surface area (Å²) in [7, 11) is 1.68. The molecule has 2 aromatic heterocycles. The Hall–Kier alpha value is -1.37. The first-order valence-electron chi connectivity index (χ1n) is 5.93. The Balaban J connectivity index is 2.09. The second kappa shape index (κ2) is 7.28. The predicted octanol–water partition coefficient (Wildman–Crippen LogP) is 2.04. The average molecular weight is 323 g/mol. The van der Waals surface area contributed by atoms with E-state index in [0.29, 0.717) is 19.0 Å². The summed E-state index contributed by atoms with van der Waals surface area (Å²) in [5, 5.41) is 3.25. The minimum absolute atomic E-state index is 0.624. The first kappa shape index (κ1) is 14.0. The molecule has 0 atom stereocenters. The van der Waals surface area contributed by atoms with Crippen molar-refractivity contribution in [2.75, 3.05) is 20.3 Å². The number of hydrogen-bond donors (Lipinski definition) is 1. The van der Waals surface area contributed by atoms with Gasteiger partial charge in [-0.2, -0.15) is 0 Å². The van der Waals surface area contributed by atoms with E-state index in [4.69, 9.17) is 4.74 Å². The molecule has 6 heteroatoms. The van der Waals surface area contributed by atoms with Crippen LogP contribution in [-0.4, -0.2) is 35.2 Å². The van der Waals surface area contributed by atoms with Crippen molar-refractivity contribution in [3.05, 3.63) is 40.8 Å². The Labute approximate surface area is 120 Å². The van der Waals surface area contributed by atoms with E-state index in [1.54, 1.807) is 19.5 Å². The van der Waals surface area contributed by atoms with Gasteiger partial charge in [-0.3, -0.25) is 4.98 Å². The zero-order valence-electron chi connectivity index (χ0n) is 10.6. The molecule has 0 radical (unpaired) electrons. The number of ether oxygens (including phenoxy) is 1. The molecule has 0 aliphatic rings. The van der Waals surface area contributed by atoms with Crippen molar-refractivity contribution >= 4 is 15.9 Å². The topological polar surface area (TPSA) is 59.9 Å². The van der Waals surface area contributed by atoms with Gasteiger partial charge in [0.25, 0.3) is 0 Å². The third kappa shape index (κ3) is 4.05. The van der Waals surface area contributed by atoms with E-state index in [1.807, 2.05) is 18.2 Å². The molecule has 5 nitrogen and oxygen atoms in total. The normalized spacial score (nSPS) is 10.6. The fourth-order valence-electron chi connectivity index (χ4n) is 1.55. The van der Waals surface area contributed by atoms with E-state index < -0.39 is 0 Å². The molecule has 2 heterocycles.